The summed E-state index contributed by atoms with van der Waals surface area (Å²) in [6.07, 6.45) is 26.5. The molecule has 0 aromatic heterocycles. The van der Waals surface area contributed by atoms with Crippen molar-refractivity contribution in [2.75, 3.05) is 39.6 Å². The summed E-state index contributed by atoms with van der Waals surface area (Å²) in [5, 5.41) is 0. The molecule has 4 aliphatic rings. The average molecular weight is 685 g/mol. The van der Waals surface area contributed by atoms with Gasteiger partial charge in [-0.05, 0) is 57.8 Å². The molecule has 0 spiro atoms. The van der Waals surface area contributed by atoms with Gasteiger partial charge in [-0.15, -0.1) is 0 Å². The van der Waals surface area contributed by atoms with E-state index < -0.39 is 25.7 Å². The molecule has 1 aliphatic heterocycles. The Morgan fingerprint density at radius 3 is 0.911 bits per heavy atom. The third-order valence-electron chi connectivity index (χ3n) is 11.4. The van der Waals surface area contributed by atoms with Crippen LogP contribution in [0.5, 0.6) is 0 Å². The lowest BCUT2D eigenvalue weighted by atomic mass is 10.0. The maximum Gasteiger partial charge on any atom is 0.326 e. The van der Waals surface area contributed by atoms with Crippen molar-refractivity contribution in [2.24, 2.45) is 0 Å². The Morgan fingerprint density at radius 1 is 0.400 bits per heavy atom. The molecule has 0 unspecified atom stereocenters. The van der Waals surface area contributed by atoms with Gasteiger partial charge in [-0.25, -0.2) is 0 Å². The molecule has 0 atom stereocenters. The minimum Gasteiger partial charge on any atom is -0.415 e. The quantitative estimate of drug-likeness (QED) is 0.0886. The fraction of sp³-hybridized carbons (Fsp3) is 1.00. The van der Waals surface area contributed by atoms with Crippen LogP contribution >= 0.6 is 0 Å². The Kier molecular flexibility index (Phi) is 17.7. The van der Waals surface area contributed by atoms with Crippen molar-refractivity contribution in [2.45, 2.75) is 190 Å². The van der Waals surface area contributed by atoms with Crippen molar-refractivity contribution in [3.8, 4) is 0 Å². The number of rotatable bonds is 21. The SMILES string of the molecule is CCCCOCC[Si]1(C2CCCCC2)O[Si](CCOCCCC)(C2CCCCC2)O[Si](CCOCCCC)(C2CCCCC2)O1. The second kappa shape index (κ2) is 20.8. The number of unbranched alkanes of at least 4 members (excludes halogenated alkanes) is 3. The maximum atomic E-state index is 8.01. The molecule has 4 rings (SSSR count). The smallest absolute Gasteiger partial charge is 0.326 e. The predicted octanol–water partition coefficient (Wildman–Crippen LogP) is 10.8. The number of ether oxygens (including phenoxy) is 3. The van der Waals surface area contributed by atoms with Gasteiger partial charge in [0.2, 0.25) is 0 Å². The fourth-order valence-electron chi connectivity index (χ4n) is 8.67. The molecule has 45 heavy (non-hydrogen) atoms. The summed E-state index contributed by atoms with van der Waals surface area (Å²) in [6, 6.07) is 2.96. The molecule has 3 aliphatic carbocycles. The summed E-state index contributed by atoms with van der Waals surface area (Å²) >= 11 is 0. The van der Waals surface area contributed by atoms with Gasteiger partial charge in [0, 0.05) is 74.4 Å². The van der Waals surface area contributed by atoms with E-state index in [1.54, 1.807) is 0 Å². The van der Waals surface area contributed by atoms with E-state index in [0.717, 1.165) is 77.0 Å². The molecule has 6 nitrogen and oxygen atoms in total. The number of hydrogen-bond acceptors (Lipinski definition) is 6. The summed E-state index contributed by atoms with van der Waals surface area (Å²) < 4.78 is 43.2. The summed E-state index contributed by atoms with van der Waals surface area (Å²) in [5.41, 5.74) is 1.70. The monoisotopic (exact) mass is 684 g/mol. The van der Waals surface area contributed by atoms with Crippen LogP contribution in [0.2, 0.25) is 34.8 Å². The van der Waals surface area contributed by atoms with E-state index in [0.29, 0.717) is 16.6 Å². The molecule has 0 aromatic rings. The van der Waals surface area contributed by atoms with Crippen LogP contribution in [-0.4, -0.2) is 65.3 Å². The van der Waals surface area contributed by atoms with E-state index in [9.17, 15) is 0 Å². The molecule has 0 radical (unpaired) electrons. The Balaban J connectivity index is 1.74. The van der Waals surface area contributed by atoms with Gasteiger partial charge >= 0.3 is 25.7 Å². The Morgan fingerprint density at radius 2 is 0.667 bits per heavy atom. The zero-order valence-electron chi connectivity index (χ0n) is 29.9. The Bertz CT molecular complexity index is 664. The van der Waals surface area contributed by atoms with Gasteiger partial charge in [0.1, 0.15) is 0 Å². The first-order valence-electron chi connectivity index (χ1n) is 20.0. The van der Waals surface area contributed by atoms with Crippen molar-refractivity contribution < 1.29 is 26.6 Å². The second-order valence-corrected chi connectivity index (χ2v) is 26.2. The Labute approximate surface area is 281 Å². The van der Waals surface area contributed by atoms with Gasteiger partial charge in [-0.2, -0.15) is 0 Å². The van der Waals surface area contributed by atoms with Crippen molar-refractivity contribution in [3.05, 3.63) is 0 Å². The van der Waals surface area contributed by atoms with E-state index in [1.807, 2.05) is 0 Å². The molecule has 0 aromatic carbocycles. The summed E-state index contributed by atoms with van der Waals surface area (Å²) in [6.45, 7) is 11.7. The lowest BCUT2D eigenvalue weighted by molar-refractivity contribution is 0.106. The molecule has 1 saturated heterocycles. The first kappa shape index (κ1) is 38.2. The zero-order valence-corrected chi connectivity index (χ0v) is 32.9. The number of hydrogen-bond donors (Lipinski definition) is 0. The van der Waals surface area contributed by atoms with Gasteiger partial charge in [-0.1, -0.05) is 97.8 Å². The summed E-state index contributed by atoms with van der Waals surface area (Å²) in [7, 11) is -8.01. The van der Waals surface area contributed by atoms with E-state index in [1.165, 1.54) is 116 Å². The predicted molar refractivity (Wildman–Crippen MR) is 193 cm³/mol. The minimum atomic E-state index is -2.67. The van der Waals surface area contributed by atoms with Gasteiger partial charge in [0.05, 0.1) is 0 Å². The second-order valence-electron chi connectivity index (χ2n) is 14.9. The van der Waals surface area contributed by atoms with Crippen molar-refractivity contribution >= 4 is 25.7 Å². The van der Waals surface area contributed by atoms with Crippen LogP contribution in [0.15, 0.2) is 0 Å². The van der Waals surface area contributed by atoms with Gasteiger partial charge in [0.15, 0.2) is 0 Å². The molecule has 1 heterocycles. The highest BCUT2D eigenvalue weighted by molar-refractivity contribution is 6.96. The molecular formula is C36H72O6Si3. The molecule has 264 valence electrons. The van der Waals surface area contributed by atoms with E-state index in [2.05, 4.69) is 20.8 Å². The highest BCUT2D eigenvalue weighted by Gasteiger charge is 2.67. The molecule has 0 amide bonds. The van der Waals surface area contributed by atoms with Crippen LogP contribution in [0.3, 0.4) is 0 Å². The molecule has 0 N–H and O–H groups in total. The lowest BCUT2D eigenvalue weighted by Crippen LogP contribution is -2.74. The Hall–Kier alpha value is 0.411. The first-order valence-corrected chi connectivity index (χ1v) is 26.3. The van der Waals surface area contributed by atoms with E-state index >= 15 is 0 Å². The zero-order chi connectivity index (χ0) is 31.7. The maximum absolute atomic E-state index is 8.01. The van der Waals surface area contributed by atoms with Crippen molar-refractivity contribution in [3.63, 3.8) is 0 Å². The van der Waals surface area contributed by atoms with E-state index in [-0.39, 0.29) is 0 Å². The molecule has 9 heteroatoms. The van der Waals surface area contributed by atoms with Crippen molar-refractivity contribution in [1.82, 2.24) is 0 Å². The van der Waals surface area contributed by atoms with Crippen LogP contribution in [0.25, 0.3) is 0 Å². The molecular weight excluding hydrogens is 613 g/mol. The van der Waals surface area contributed by atoms with Crippen LogP contribution in [0, 0.1) is 0 Å². The molecule has 3 saturated carbocycles. The molecule has 0 bridgehead atoms. The van der Waals surface area contributed by atoms with Gasteiger partial charge in [0.25, 0.3) is 0 Å². The average Bonchev–Trinajstić information content (AvgIpc) is 3.09. The van der Waals surface area contributed by atoms with Gasteiger partial charge < -0.3 is 26.6 Å². The first-order chi connectivity index (χ1) is 22.1. The van der Waals surface area contributed by atoms with Crippen LogP contribution in [0.4, 0.5) is 0 Å². The summed E-state index contributed by atoms with van der Waals surface area (Å²) in [4.78, 5) is 0. The third-order valence-corrected chi connectivity index (χ3v) is 27.9. The van der Waals surface area contributed by atoms with Crippen LogP contribution in [0.1, 0.15) is 156 Å². The van der Waals surface area contributed by atoms with Crippen LogP contribution in [-0.2, 0) is 26.6 Å². The third kappa shape index (κ3) is 11.2. The van der Waals surface area contributed by atoms with Crippen molar-refractivity contribution in [1.29, 1.82) is 0 Å². The van der Waals surface area contributed by atoms with E-state index in [4.69, 9.17) is 26.6 Å². The molecule has 4 fully saturated rings. The summed E-state index contributed by atoms with van der Waals surface area (Å²) in [5.74, 6) is 0. The van der Waals surface area contributed by atoms with Gasteiger partial charge in [-0.3, -0.25) is 0 Å². The fourth-order valence-corrected chi connectivity index (χ4v) is 30.1. The standard InChI is InChI=1S/C36H72O6Si3/c1-4-7-25-37-28-31-43(34-19-13-10-14-20-34)40-44(32-29-38-26-8-5-2,35-21-15-11-16-22-35)42-45(41-43,33-30-39-27-9-6-3)36-23-17-12-18-24-36/h34-36H,4-33H2,1-3H3. The van der Waals surface area contributed by atoms with Crippen LogP contribution < -0.4 is 0 Å². The highest BCUT2D eigenvalue weighted by atomic mass is 28.5. The topological polar surface area (TPSA) is 55.4 Å². The minimum absolute atomic E-state index is 0.567. The normalized spacial score (nSPS) is 31.0. The lowest BCUT2D eigenvalue weighted by Gasteiger charge is -2.60. The largest absolute Gasteiger partial charge is 0.415 e. The highest BCUT2D eigenvalue weighted by Crippen LogP contribution is 2.56.